The molecule has 0 spiro atoms. The van der Waals surface area contributed by atoms with Crippen LogP contribution in [0.4, 0.5) is 5.69 Å². The molecule has 4 atom stereocenters. The number of likely N-dealkylation sites (tertiary alicyclic amines) is 1. The number of piperazine rings is 1. The number of carbonyl (C=O) groups is 2. The third-order valence-corrected chi connectivity index (χ3v) is 8.11. The fourth-order valence-corrected chi connectivity index (χ4v) is 6.17. The molecule has 2 N–H and O–H groups in total. The van der Waals surface area contributed by atoms with Crippen molar-refractivity contribution in [3.05, 3.63) is 24.3 Å². The molecule has 1 aromatic carbocycles. The lowest BCUT2D eigenvalue weighted by Crippen LogP contribution is -2.47. The van der Waals surface area contributed by atoms with E-state index >= 15 is 0 Å². The summed E-state index contributed by atoms with van der Waals surface area (Å²) < 4.78 is 6.32. The second kappa shape index (κ2) is 11.5. The number of anilines is 1. The second-order valence-corrected chi connectivity index (χ2v) is 10.3. The van der Waals surface area contributed by atoms with Crippen molar-refractivity contribution < 1.29 is 24.5 Å². The summed E-state index contributed by atoms with van der Waals surface area (Å²) in [6.07, 6.45) is 4.90. The molecule has 8 nitrogen and oxygen atoms in total. The van der Waals surface area contributed by atoms with Crippen LogP contribution in [0.1, 0.15) is 44.9 Å². The van der Waals surface area contributed by atoms with Crippen LogP contribution < -0.4 is 9.64 Å². The van der Waals surface area contributed by atoms with Gasteiger partial charge in [0.25, 0.3) is 0 Å². The van der Waals surface area contributed by atoms with Crippen LogP contribution in [0.3, 0.4) is 0 Å². The van der Waals surface area contributed by atoms with Crippen LogP contribution in [0.25, 0.3) is 0 Å². The van der Waals surface area contributed by atoms with Gasteiger partial charge >= 0.3 is 0 Å². The Morgan fingerprint density at radius 1 is 0.829 bits per heavy atom. The molecule has 0 aromatic heterocycles. The van der Waals surface area contributed by atoms with Crippen molar-refractivity contribution in [3.8, 4) is 5.75 Å². The monoisotopic (exact) mass is 507 g/mol. The minimum Gasteiger partial charge on any atom is -0.488 e. The van der Waals surface area contributed by atoms with Gasteiger partial charge in [-0.05, 0) is 63.6 Å². The van der Waals surface area contributed by atoms with E-state index in [0.29, 0.717) is 31.9 Å². The van der Waals surface area contributed by atoms with Crippen molar-refractivity contribution in [2.75, 3.05) is 44.2 Å². The number of aliphatic hydroxyl groups is 2. The largest absolute Gasteiger partial charge is 0.488 e. The number of ether oxygens (including phenoxy) is 1. The number of amides is 2. The minimum atomic E-state index is -0.830. The van der Waals surface area contributed by atoms with Crippen LogP contribution in [-0.4, -0.2) is 89.4 Å². The molecule has 194 valence electrons. The minimum absolute atomic E-state index is 0. The second-order valence-electron chi connectivity index (χ2n) is 10.3. The first kappa shape index (κ1) is 26.2. The number of halogens is 1. The van der Waals surface area contributed by atoms with E-state index in [9.17, 15) is 19.8 Å². The number of nitrogens with zero attached hydrogens (tertiary/aromatic N) is 3. The first-order valence-electron chi connectivity index (χ1n) is 13.0. The lowest BCUT2D eigenvalue weighted by atomic mass is 9.77. The number of para-hydroxylation sites is 2. The average Bonchev–Trinajstić information content (AvgIpc) is 3.45. The smallest absolute Gasteiger partial charge is 0.235 e. The molecule has 2 aliphatic heterocycles. The Morgan fingerprint density at radius 3 is 2.06 bits per heavy atom. The Morgan fingerprint density at radius 2 is 1.43 bits per heavy atom. The number of hydrogen-bond acceptors (Lipinski definition) is 7. The molecule has 2 aliphatic carbocycles. The van der Waals surface area contributed by atoms with E-state index in [0.717, 1.165) is 51.3 Å². The number of carbonyl (C=O) groups excluding carboxylic acids is 2. The van der Waals surface area contributed by atoms with Gasteiger partial charge in [0.1, 0.15) is 5.75 Å². The van der Waals surface area contributed by atoms with Gasteiger partial charge in [0.2, 0.25) is 11.8 Å². The van der Waals surface area contributed by atoms with Gasteiger partial charge in [-0.1, -0.05) is 12.1 Å². The summed E-state index contributed by atoms with van der Waals surface area (Å²) in [5.74, 6) is -1.19. The van der Waals surface area contributed by atoms with Crippen molar-refractivity contribution in [1.29, 1.82) is 0 Å². The summed E-state index contributed by atoms with van der Waals surface area (Å²) in [6, 6.07) is 8.33. The topological polar surface area (TPSA) is 93.5 Å². The van der Waals surface area contributed by atoms with E-state index in [1.807, 2.05) is 6.07 Å². The molecule has 2 amide bonds. The molecular formula is C26H38ClN3O5. The summed E-state index contributed by atoms with van der Waals surface area (Å²) in [4.78, 5) is 31.5. The predicted molar refractivity (Wildman–Crippen MR) is 135 cm³/mol. The standard InChI is InChI=1S/C26H37N3O5.ClH/c30-20-10-11-21(31)24-23(20)25(32)29(26(24)33)13-5-12-27-14-16-28(17-15-27)19-8-3-4-9-22(19)34-18-6-1-2-7-18;/h3-4,8-9,18,20-21,23-24,30-31H,1-2,5-7,10-17H2;1H. The number of fused-ring (bicyclic) bond motifs is 1. The summed E-state index contributed by atoms with van der Waals surface area (Å²) in [6.45, 7) is 4.82. The first-order chi connectivity index (χ1) is 16.5. The number of rotatable bonds is 7. The van der Waals surface area contributed by atoms with Crippen molar-refractivity contribution in [2.45, 2.75) is 63.3 Å². The van der Waals surface area contributed by atoms with E-state index in [1.54, 1.807) is 0 Å². The van der Waals surface area contributed by atoms with Gasteiger partial charge < -0.3 is 19.8 Å². The van der Waals surface area contributed by atoms with Crippen molar-refractivity contribution in [2.24, 2.45) is 11.8 Å². The molecule has 1 aromatic rings. The highest BCUT2D eigenvalue weighted by atomic mass is 35.5. The molecular weight excluding hydrogens is 470 g/mol. The summed E-state index contributed by atoms with van der Waals surface area (Å²) in [5.41, 5.74) is 1.17. The third-order valence-electron chi connectivity index (χ3n) is 8.11. The molecule has 9 heteroatoms. The molecule has 0 bridgehead atoms. The van der Waals surface area contributed by atoms with Crippen LogP contribution in [0, 0.1) is 11.8 Å². The van der Waals surface area contributed by atoms with Gasteiger partial charge in [-0.2, -0.15) is 0 Å². The maximum absolute atomic E-state index is 12.7. The Balaban J connectivity index is 0.00000289. The Hall–Kier alpha value is -1.87. The Labute approximate surface area is 213 Å². The lowest BCUT2D eigenvalue weighted by Gasteiger charge is -2.37. The fraction of sp³-hybridized carbons (Fsp3) is 0.692. The molecule has 0 radical (unpaired) electrons. The van der Waals surface area contributed by atoms with Gasteiger partial charge in [0, 0.05) is 32.7 Å². The molecule has 2 saturated heterocycles. The van der Waals surface area contributed by atoms with E-state index in [4.69, 9.17) is 4.74 Å². The zero-order valence-corrected chi connectivity index (χ0v) is 21.1. The quantitative estimate of drug-likeness (QED) is 0.545. The van der Waals surface area contributed by atoms with Gasteiger partial charge in [-0.15, -0.1) is 12.4 Å². The van der Waals surface area contributed by atoms with E-state index < -0.39 is 24.0 Å². The number of hydrogen-bond donors (Lipinski definition) is 2. The van der Waals surface area contributed by atoms with Crippen molar-refractivity contribution in [1.82, 2.24) is 9.80 Å². The Kier molecular flexibility index (Phi) is 8.58. The zero-order valence-electron chi connectivity index (χ0n) is 20.3. The number of aliphatic hydroxyl groups excluding tert-OH is 2. The van der Waals surface area contributed by atoms with Gasteiger partial charge in [-0.3, -0.25) is 19.4 Å². The maximum atomic E-state index is 12.7. The number of imide groups is 1. The molecule has 4 fully saturated rings. The van der Waals surface area contributed by atoms with Gasteiger partial charge in [0.05, 0.1) is 35.8 Å². The van der Waals surface area contributed by atoms with Crippen molar-refractivity contribution in [3.63, 3.8) is 0 Å². The molecule has 2 saturated carbocycles. The molecule has 2 heterocycles. The number of benzene rings is 1. The highest BCUT2D eigenvalue weighted by Crippen LogP contribution is 2.38. The molecule has 5 rings (SSSR count). The molecule has 35 heavy (non-hydrogen) atoms. The summed E-state index contributed by atoms with van der Waals surface area (Å²) in [5, 5.41) is 20.4. The predicted octanol–water partition coefficient (Wildman–Crippen LogP) is 2.06. The molecule has 4 aliphatic rings. The van der Waals surface area contributed by atoms with E-state index in [1.165, 1.54) is 23.4 Å². The van der Waals surface area contributed by atoms with E-state index in [-0.39, 0.29) is 24.2 Å². The molecule has 4 unspecified atom stereocenters. The lowest BCUT2D eigenvalue weighted by molar-refractivity contribution is -0.140. The Bertz CT molecular complexity index is 859. The first-order valence-corrected chi connectivity index (χ1v) is 13.0. The average molecular weight is 508 g/mol. The maximum Gasteiger partial charge on any atom is 0.235 e. The van der Waals surface area contributed by atoms with Crippen LogP contribution >= 0.6 is 12.4 Å². The summed E-state index contributed by atoms with van der Waals surface area (Å²) in [7, 11) is 0. The zero-order chi connectivity index (χ0) is 23.7. The van der Waals surface area contributed by atoms with Crippen LogP contribution in [0.2, 0.25) is 0 Å². The van der Waals surface area contributed by atoms with Crippen LogP contribution in [0.5, 0.6) is 5.75 Å². The van der Waals surface area contributed by atoms with Gasteiger partial charge in [0.15, 0.2) is 0 Å². The summed E-state index contributed by atoms with van der Waals surface area (Å²) >= 11 is 0. The van der Waals surface area contributed by atoms with Crippen LogP contribution in [0.15, 0.2) is 24.3 Å². The highest BCUT2D eigenvalue weighted by Gasteiger charge is 2.55. The normalized spacial score (nSPS) is 29.9. The van der Waals surface area contributed by atoms with Gasteiger partial charge in [-0.25, -0.2) is 0 Å². The van der Waals surface area contributed by atoms with Crippen molar-refractivity contribution >= 4 is 29.9 Å². The highest BCUT2D eigenvalue weighted by molar-refractivity contribution is 6.05. The van der Waals surface area contributed by atoms with E-state index in [2.05, 4.69) is 28.0 Å². The van der Waals surface area contributed by atoms with Crippen LogP contribution in [-0.2, 0) is 9.59 Å². The third kappa shape index (κ3) is 5.45. The fourth-order valence-electron chi connectivity index (χ4n) is 6.17. The SMILES string of the molecule is Cl.O=C1C2C(O)CCC(O)C2C(=O)N1CCCN1CCN(c2ccccc2OC2CCCC2)CC1.